The molecule has 2 aromatic rings. The summed E-state index contributed by atoms with van der Waals surface area (Å²) in [6.07, 6.45) is 5.26. The Bertz CT molecular complexity index is 494. The van der Waals surface area contributed by atoms with Gasteiger partial charge in [0.15, 0.2) is 0 Å². The fourth-order valence-corrected chi connectivity index (χ4v) is 1.40. The molecule has 88 valence electrons. The third-order valence-corrected chi connectivity index (χ3v) is 2.34. The van der Waals surface area contributed by atoms with Crippen molar-refractivity contribution in [3.8, 4) is 0 Å². The lowest BCUT2D eigenvalue weighted by atomic mass is 10.2. The highest BCUT2D eigenvalue weighted by molar-refractivity contribution is 5.78. The molecule has 0 unspecified atom stereocenters. The second kappa shape index (κ2) is 5.11. The number of aromatic nitrogens is 3. The van der Waals surface area contributed by atoms with E-state index in [9.17, 15) is 4.79 Å². The second-order valence-corrected chi connectivity index (χ2v) is 3.62. The molecule has 0 radical (unpaired) electrons. The smallest absolute Gasteiger partial charge is 0.224 e. The minimum atomic E-state index is -0.0585. The topological polar surface area (TPSA) is 96.7 Å². The summed E-state index contributed by atoms with van der Waals surface area (Å²) in [5.41, 5.74) is 7.32. The molecule has 0 saturated carbocycles. The minimum Gasteiger partial charge on any atom is -0.384 e. The molecule has 2 aromatic heterocycles. The van der Waals surface area contributed by atoms with Crippen LogP contribution in [0, 0.1) is 0 Å². The maximum atomic E-state index is 11.6. The van der Waals surface area contributed by atoms with E-state index in [2.05, 4.69) is 20.5 Å². The third kappa shape index (κ3) is 3.04. The second-order valence-electron chi connectivity index (χ2n) is 3.62. The van der Waals surface area contributed by atoms with Gasteiger partial charge in [0.2, 0.25) is 5.91 Å². The Balaban J connectivity index is 1.84. The van der Waals surface area contributed by atoms with Crippen LogP contribution in [0.25, 0.3) is 0 Å². The lowest BCUT2D eigenvalue weighted by Gasteiger charge is -2.04. The Morgan fingerprint density at radius 3 is 2.82 bits per heavy atom. The Hall–Kier alpha value is -2.37. The first-order chi connectivity index (χ1) is 8.25. The van der Waals surface area contributed by atoms with Crippen LogP contribution < -0.4 is 11.1 Å². The SMILES string of the molecule is Nc1[nH]ncc1CNC(=O)Cc1ccncc1. The summed E-state index contributed by atoms with van der Waals surface area (Å²) < 4.78 is 0. The molecule has 0 saturated heterocycles. The summed E-state index contributed by atoms with van der Waals surface area (Å²) in [6, 6.07) is 3.62. The van der Waals surface area contributed by atoms with Crippen molar-refractivity contribution in [3.63, 3.8) is 0 Å². The molecule has 2 rings (SSSR count). The van der Waals surface area contributed by atoms with E-state index in [1.807, 2.05) is 12.1 Å². The Morgan fingerprint density at radius 1 is 1.41 bits per heavy atom. The zero-order chi connectivity index (χ0) is 12.1. The number of nitrogens with two attached hydrogens (primary N) is 1. The summed E-state index contributed by atoms with van der Waals surface area (Å²) in [7, 11) is 0. The molecular formula is C11H13N5O. The summed E-state index contributed by atoms with van der Waals surface area (Å²) in [6.45, 7) is 0.381. The lowest BCUT2D eigenvalue weighted by Crippen LogP contribution is -2.24. The van der Waals surface area contributed by atoms with Gasteiger partial charge in [-0.2, -0.15) is 5.10 Å². The molecule has 0 aromatic carbocycles. The van der Waals surface area contributed by atoms with E-state index in [1.54, 1.807) is 18.6 Å². The van der Waals surface area contributed by atoms with Crippen LogP contribution in [-0.2, 0) is 17.8 Å². The van der Waals surface area contributed by atoms with E-state index >= 15 is 0 Å². The highest BCUT2D eigenvalue weighted by atomic mass is 16.1. The Labute approximate surface area is 98.3 Å². The number of anilines is 1. The molecule has 17 heavy (non-hydrogen) atoms. The van der Waals surface area contributed by atoms with Gasteiger partial charge in [-0.1, -0.05) is 0 Å². The monoisotopic (exact) mass is 231 g/mol. The maximum absolute atomic E-state index is 11.6. The van der Waals surface area contributed by atoms with Gasteiger partial charge in [0.25, 0.3) is 0 Å². The van der Waals surface area contributed by atoms with E-state index in [4.69, 9.17) is 5.73 Å². The number of nitrogen functional groups attached to an aromatic ring is 1. The zero-order valence-corrected chi connectivity index (χ0v) is 9.18. The number of carbonyl (C=O) groups excluding carboxylic acids is 1. The van der Waals surface area contributed by atoms with E-state index in [0.29, 0.717) is 18.8 Å². The number of nitrogens with zero attached hydrogens (tertiary/aromatic N) is 2. The molecular weight excluding hydrogens is 218 g/mol. The van der Waals surface area contributed by atoms with Gasteiger partial charge in [-0.3, -0.25) is 14.9 Å². The highest BCUT2D eigenvalue weighted by Crippen LogP contribution is 2.05. The van der Waals surface area contributed by atoms with Crippen LogP contribution in [0.1, 0.15) is 11.1 Å². The Morgan fingerprint density at radius 2 is 2.18 bits per heavy atom. The van der Waals surface area contributed by atoms with E-state index in [1.165, 1.54) is 0 Å². The van der Waals surface area contributed by atoms with Crippen LogP contribution >= 0.6 is 0 Å². The Kier molecular flexibility index (Phi) is 3.34. The van der Waals surface area contributed by atoms with Crippen LogP contribution in [-0.4, -0.2) is 21.1 Å². The molecule has 0 aliphatic heterocycles. The minimum absolute atomic E-state index is 0.0585. The van der Waals surface area contributed by atoms with Crippen molar-refractivity contribution >= 4 is 11.7 Å². The van der Waals surface area contributed by atoms with Crippen molar-refractivity contribution in [2.45, 2.75) is 13.0 Å². The molecule has 0 bridgehead atoms. The molecule has 6 heteroatoms. The molecule has 0 aliphatic carbocycles. The summed E-state index contributed by atoms with van der Waals surface area (Å²) in [5.74, 6) is 0.422. The first kappa shape index (κ1) is 11.1. The van der Waals surface area contributed by atoms with Crippen LogP contribution in [0.15, 0.2) is 30.7 Å². The molecule has 2 heterocycles. The van der Waals surface area contributed by atoms with Gasteiger partial charge in [0.1, 0.15) is 5.82 Å². The summed E-state index contributed by atoms with van der Waals surface area (Å²) >= 11 is 0. The van der Waals surface area contributed by atoms with Crippen molar-refractivity contribution < 1.29 is 4.79 Å². The first-order valence-electron chi connectivity index (χ1n) is 5.19. The fraction of sp³-hybridized carbons (Fsp3) is 0.182. The number of hydrogen-bond donors (Lipinski definition) is 3. The molecule has 0 aliphatic rings. The van der Waals surface area contributed by atoms with Gasteiger partial charge in [-0.25, -0.2) is 0 Å². The number of rotatable bonds is 4. The van der Waals surface area contributed by atoms with Gasteiger partial charge >= 0.3 is 0 Å². The number of hydrogen-bond acceptors (Lipinski definition) is 4. The van der Waals surface area contributed by atoms with Gasteiger partial charge < -0.3 is 11.1 Å². The standard InChI is InChI=1S/C11H13N5O/c12-11-9(7-15-16-11)6-14-10(17)5-8-1-3-13-4-2-8/h1-4,7H,5-6H2,(H,14,17)(H3,12,15,16). The van der Waals surface area contributed by atoms with Crippen LogP contribution in [0.4, 0.5) is 5.82 Å². The van der Waals surface area contributed by atoms with Crippen molar-refractivity contribution in [2.24, 2.45) is 0 Å². The van der Waals surface area contributed by atoms with Gasteiger partial charge in [0, 0.05) is 24.5 Å². The predicted molar refractivity (Wildman–Crippen MR) is 62.8 cm³/mol. The number of amides is 1. The van der Waals surface area contributed by atoms with Crippen molar-refractivity contribution in [2.75, 3.05) is 5.73 Å². The number of nitrogens with one attached hydrogen (secondary N) is 2. The highest BCUT2D eigenvalue weighted by Gasteiger charge is 2.05. The van der Waals surface area contributed by atoms with Crippen LogP contribution in [0.5, 0.6) is 0 Å². The van der Waals surface area contributed by atoms with Gasteiger partial charge in [0.05, 0.1) is 12.6 Å². The largest absolute Gasteiger partial charge is 0.384 e. The third-order valence-electron chi connectivity index (χ3n) is 2.34. The lowest BCUT2D eigenvalue weighted by molar-refractivity contribution is -0.120. The van der Waals surface area contributed by atoms with E-state index in [-0.39, 0.29) is 5.91 Å². The van der Waals surface area contributed by atoms with E-state index in [0.717, 1.165) is 11.1 Å². The number of H-pyrrole nitrogens is 1. The predicted octanol–water partition coefficient (Wildman–Crippen LogP) is 0.246. The molecule has 0 atom stereocenters. The van der Waals surface area contributed by atoms with Crippen molar-refractivity contribution in [1.29, 1.82) is 0 Å². The fourth-order valence-electron chi connectivity index (χ4n) is 1.40. The molecule has 6 nitrogen and oxygen atoms in total. The zero-order valence-electron chi connectivity index (χ0n) is 9.18. The average molecular weight is 231 g/mol. The average Bonchev–Trinajstić information content (AvgIpc) is 2.74. The normalized spacial score (nSPS) is 10.1. The quantitative estimate of drug-likeness (QED) is 0.702. The number of aromatic amines is 1. The number of pyridine rings is 1. The molecule has 1 amide bonds. The summed E-state index contributed by atoms with van der Waals surface area (Å²) in [5, 5.41) is 9.16. The number of carbonyl (C=O) groups is 1. The van der Waals surface area contributed by atoms with Gasteiger partial charge in [-0.05, 0) is 17.7 Å². The van der Waals surface area contributed by atoms with Crippen LogP contribution in [0.2, 0.25) is 0 Å². The molecule has 0 spiro atoms. The first-order valence-corrected chi connectivity index (χ1v) is 5.19. The maximum Gasteiger partial charge on any atom is 0.224 e. The summed E-state index contributed by atoms with van der Waals surface area (Å²) in [4.78, 5) is 15.5. The van der Waals surface area contributed by atoms with Crippen molar-refractivity contribution in [3.05, 3.63) is 41.9 Å². The van der Waals surface area contributed by atoms with Gasteiger partial charge in [-0.15, -0.1) is 0 Å². The molecule has 0 fully saturated rings. The van der Waals surface area contributed by atoms with Crippen molar-refractivity contribution in [1.82, 2.24) is 20.5 Å². The van der Waals surface area contributed by atoms with Crippen LogP contribution in [0.3, 0.4) is 0 Å². The molecule has 4 N–H and O–H groups in total. The van der Waals surface area contributed by atoms with E-state index < -0.39 is 0 Å².